The smallest absolute Gasteiger partial charge is 0.244 e. The van der Waals surface area contributed by atoms with Gasteiger partial charge in [0.1, 0.15) is 12.6 Å². The minimum atomic E-state index is -3.80. The lowest BCUT2D eigenvalue weighted by Crippen LogP contribution is -2.52. The number of benzene rings is 2. The van der Waals surface area contributed by atoms with Crippen LogP contribution in [0.3, 0.4) is 0 Å². The first-order valence-corrected chi connectivity index (χ1v) is 15.0. The van der Waals surface area contributed by atoms with Gasteiger partial charge in [-0.15, -0.1) is 0 Å². The summed E-state index contributed by atoms with van der Waals surface area (Å²) >= 11 is 15.6. The molecular formula is C25H32BrCl2N3O4S. The number of hydrogen-bond acceptors (Lipinski definition) is 4. The number of aryl methyl sites for hydroxylation is 1. The van der Waals surface area contributed by atoms with Crippen molar-refractivity contribution in [2.45, 2.75) is 52.6 Å². The molecule has 0 spiro atoms. The van der Waals surface area contributed by atoms with Crippen molar-refractivity contribution in [1.29, 1.82) is 0 Å². The van der Waals surface area contributed by atoms with Gasteiger partial charge in [-0.05, 0) is 61.2 Å². The Labute approximate surface area is 232 Å². The Hall–Kier alpha value is -1.81. The van der Waals surface area contributed by atoms with E-state index in [1.54, 1.807) is 36.4 Å². The Morgan fingerprint density at radius 2 is 1.78 bits per heavy atom. The lowest BCUT2D eigenvalue weighted by Gasteiger charge is -2.33. The van der Waals surface area contributed by atoms with Gasteiger partial charge in [0.05, 0.1) is 22.0 Å². The number of sulfonamides is 1. The van der Waals surface area contributed by atoms with Crippen LogP contribution in [0.5, 0.6) is 0 Å². The minimum Gasteiger partial charge on any atom is -0.354 e. The highest BCUT2D eigenvalue weighted by atomic mass is 79.9. The average Bonchev–Trinajstić information content (AvgIpc) is 2.80. The Kier molecular flexibility index (Phi) is 11.5. The number of hydrogen-bond donors (Lipinski definition) is 1. The summed E-state index contributed by atoms with van der Waals surface area (Å²) in [5.41, 5.74) is 1.85. The number of anilines is 1. The third-order valence-corrected chi connectivity index (χ3v) is 8.43. The van der Waals surface area contributed by atoms with E-state index in [9.17, 15) is 18.0 Å². The minimum absolute atomic E-state index is 0.0619. The summed E-state index contributed by atoms with van der Waals surface area (Å²) in [6, 6.07) is 9.24. The van der Waals surface area contributed by atoms with Gasteiger partial charge in [-0.1, -0.05) is 65.5 Å². The number of nitrogens with one attached hydrogen (secondary N) is 1. The van der Waals surface area contributed by atoms with Gasteiger partial charge in [0, 0.05) is 17.6 Å². The molecule has 0 unspecified atom stereocenters. The number of nitrogens with zero attached hydrogens (tertiary/aromatic N) is 2. The van der Waals surface area contributed by atoms with Crippen molar-refractivity contribution >= 4 is 66.7 Å². The van der Waals surface area contributed by atoms with Crippen LogP contribution in [0, 0.1) is 6.92 Å². The SMILES string of the molecule is CCCCNC(=O)[C@H](CC)N(Cc1ccc(Cl)c(Cl)c1)C(=O)CN(c1ccc(Br)c(C)c1)S(C)(=O)=O. The maximum absolute atomic E-state index is 13.7. The number of rotatable bonds is 12. The van der Waals surface area contributed by atoms with E-state index in [-0.39, 0.29) is 12.5 Å². The van der Waals surface area contributed by atoms with Gasteiger partial charge in [-0.2, -0.15) is 0 Å². The van der Waals surface area contributed by atoms with Gasteiger partial charge < -0.3 is 10.2 Å². The van der Waals surface area contributed by atoms with Crippen LogP contribution >= 0.6 is 39.1 Å². The highest BCUT2D eigenvalue weighted by Crippen LogP contribution is 2.26. The summed E-state index contributed by atoms with van der Waals surface area (Å²) in [5, 5.41) is 3.58. The molecule has 2 aromatic carbocycles. The molecule has 0 aliphatic rings. The average molecular weight is 621 g/mol. The zero-order valence-electron chi connectivity index (χ0n) is 20.9. The fourth-order valence-electron chi connectivity index (χ4n) is 3.66. The standard InChI is InChI=1S/C25H32BrCl2N3O4S/c1-5-7-12-29-25(33)23(6-2)30(15-18-8-11-21(27)22(28)14-18)24(32)16-31(36(4,34)35)19-9-10-20(26)17(3)13-19/h8-11,13-14,23H,5-7,12,15-16H2,1-4H3,(H,29,33)/t23-/m0/s1. The molecule has 0 radical (unpaired) electrons. The number of unbranched alkanes of at least 4 members (excludes halogenated alkanes) is 1. The molecule has 0 fully saturated rings. The molecule has 11 heteroatoms. The third kappa shape index (κ3) is 8.36. The van der Waals surface area contributed by atoms with Gasteiger partial charge >= 0.3 is 0 Å². The van der Waals surface area contributed by atoms with E-state index in [1.807, 2.05) is 20.8 Å². The Bertz CT molecular complexity index is 1190. The highest BCUT2D eigenvalue weighted by molar-refractivity contribution is 9.10. The van der Waals surface area contributed by atoms with Crippen LogP contribution in [0.25, 0.3) is 0 Å². The van der Waals surface area contributed by atoms with Crippen LogP contribution < -0.4 is 9.62 Å². The van der Waals surface area contributed by atoms with Gasteiger partial charge in [0.25, 0.3) is 0 Å². The van der Waals surface area contributed by atoms with E-state index in [2.05, 4.69) is 21.2 Å². The molecule has 0 aliphatic heterocycles. The van der Waals surface area contributed by atoms with Gasteiger partial charge in [0.2, 0.25) is 21.8 Å². The van der Waals surface area contributed by atoms with Crippen molar-refractivity contribution in [3.63, 3.8) is 0 Å². The van der Waals surface area contributed by atoms with Crippen molar-refractivity contribution in [2.75, 3.05) is 23.7 Å². The molecule has 0 heterocycles. The summed E-state index contributed by atoms with van der Waals surface area (Å²) in [4.78, 5) is 28.1. The van der Waals surface area contributed by atoms with E-state index in [0.29, 0.717) is 34.3 Å². The summed E-state index contributed by atoms with van der Waals surface area (Å²) in [6.07, 6.45) is 3.13. The zero-order chi connectivity index (χ0) is 27.0. The van der Waals surface area contributed by atoms with Crippen LogP contribution in [0.15, 0.2) is 40.9 Å². The lowest BCUT2D eigenvalue weighted by molar-refractivity contribution is -0.140. The first kappa shape index (κ1) is 30.4. The molecule has 1 atom stereocenters. The third-order valence-electron chi connectivity index (χ3n) is 5.66. The molecular weight excluding hydrogens is 589 g/mol. The van der Waals surface area contributed by atoms with E-state index >= 15 is 0 Å². The predicted octanol–water partition coefficient (Wildman–Crippen LogP) is 5.55. The molecule has 1 N–H and O–H groups in total. The van der Waals surface area contributed by atoms with E-state index < -0.39 is 28.5 Å². The second-order valence-electron chi connectivity index (χ2n) is 8.54. The molecule has 2 amide bonds. The Morgan fingerprint density at radius 3 is 2.33 bits per heavy atom. The molecule has 36 heavy (non-hydrogen) atoms. The maximum Gasteiger partial charge on any atom is 0.244 e. The zero-order valence-corrected chi connectivity index (χ0v) is 24.8. The largest absolute Gasteiger partial charge is 0.354 e. The fraction of sp³-hybridized carbons (Fsp3) is 0.440. The maximum atomic E-state index is 13.7. The quantitative estimate of drug-likeness (QED) is 0.315. The van der Waals surface area contributed by atoms with E-state index in [1.165, 1.54) is 4.90 Å². The van der Waals surface area contributed by atoms with Crippen LogP contribution in [-0.2, 0) is 26.2 Å². The van der Waals surface area contributed by atoms with E-state index in [4.69, 9.17) is 23.2 Å². The van der Waals surface area contributed by atoms with Gasteiger partial charge in [-0.25, -0.2) is 8.42 Å². The van der Waals surface area contributed by atoms with Crippen molar-refractivity contribution < 1.29 is 18.0 Å². The molecule has 2 aromatic rings. The van der Waals surface area contributed by atoms with E-state index in [0.717, 1.165) is 33.4 Å². The normalized spacial score (nSPS) is 12.2. The van der Waals surface area contributed by atoms with Crippen molar-refractivity contribution in [3.8, 4) is 0 Å². The number of amides is 2. The summed E-state index contributed by atoms with van der Waals surface area (Å²) < 4.78 is 27.3. The van der Waals surface area contributed by atoms with Gasteiger partial charge in [-0.3, -0.25) is 13.9 Å². The number of carbonyl (C=O) groups excluding carboxylic acids is 2. The topological polar surface area (TPSA) is 86.8 Å². The summed E-state index contributed by atoms with van der Waals surface area (Å²) in [5.74, 6) is -0.797. The second-order valence-corrected chi connectivity index (χ2v) is 12.1. The first-order chi connectivity index (χ1) is 16.9. The molecule has 7 nitrogen and oxygen atoms in total. The van der Waals surface area contributed by atoms with Gasteiger partial charge in [0.15, 0.2) is 0 Å². The number of carbonyl (C=O) groups is 2. The van der Waals surface area contributed by atoms with Crippen LogP contribution in [0.4, 0.5) is 5.69 Å². The monoisotopic (exact) mass is 619 g/mol. The van der Waals surface area contributed by atoms with Crippen LogP contribution in [0.1, 0.15) is 44.2 Å². The lowest BCUT2D eigenvalue weighted by atomic mass is 10.1. The molecule has 0 bridgehead atoms. The summed E-state index contributed by atoms with van der Waals surface area (Å²) in [6.45, 7) is 5.76. The molecule has 0 saturated heterocycles. The second kappa shape index (κ2) is 13.7. The van der Waals surface area contributed by atoms with Crippen LogP contribution in [0.2, 0.25) is 10.0 Å². The Morgan fingerprint density at radius 1 is 1.08 bits per heavy atom. The van der Waals surface area contributed by atoms with Crippen molar-refractivity contribution in [3.05, 3.63) is 62.0 Å². The highest BCUT2D eigenvalue weighted by Gasteiger charge is 2.31. The predicted molar refractivity (Wildman–Crippen MR) is 150 cm³/mol. The fourth-order valence-corrected chi connectivity index (χ4v) is 5.07. The molecule has 198 valence electrons. The number of halogens is 3. The molecule has 2 rings (SSSR count). The van der Waals surface area contributed by atoms with Crippen LogP contribution in [-0.4, -0.2) is 50.5 Å². The van der Waals surface area contributed by atoms with Crippen molar-refractivity contribution in [1.82, 2.24) is 10.2 Å². The molecule has 0 saturated carbocycles. The Balaban J connectivity index is 2.45. The first-order valence-electron chi connectivity index (χ1n) is 11.6. The summed E-state index contributed by atoms with van der Waals surface area (Å²) in [7, 11) is -3.80. The molecule has 0 aliphatic carbocycles. The molecule has 0 aromatic heterocycles. The van der Waals surface area contributed by atoms with Crippen molar-refractivity contribution in [2.24, 2.45) is 0 Å².